The van der Waals surface area contributed by atoms with Crippen molar-refractivity contribution in [2.45, 2.75) is 43.2 Å². The number of likely N-dealkylation sites (N-methyl/N-ethyl adjacent to an activating group) is 1. The number of anilines is 1. The van der Waals surface area contributed by atoms with E-state index < -0.39 is 11.8 Å². The van der Waals surface area contributed by atoms with E-state index in [0.717, 1.165) is 43.7 Å². The molecule has 0 aromatic heterocycles. The molecule has 2 amide bonds. The van der Waals surface area contributed by atoms with E-state index in [9.17, 15) is 9.18 Å². The summed E-state index contributed by atoms with van der Waals surface area (Å²) in [6.07, 6.45) is 3.66. The van der Waals surface area contributed by atoms with Gasteiger partial charge in [0.05, 0.1) is 19.9 Å². The summed E-state index contributed by atoms with van der Waals surface area (Å²) in [6, 6.07) is 9.12. The van der Waals surface area contributed by atoms with Crippen LogP contribution in [-0.4, -0.2) is 50.8 Å². The molecule has 2 fully saturated rings. The number of carbonyl (C=O) groups excluding carboxylic acids is 1. The van der Waals surface area contributed by atoms with Gasteiger partial charge in [0, 0.05) is 26.4 Å². The number of nitrogens with one attached hydrogen (secondary N) is 2. The molecule has 0 spiro atoms. The predicted molar refractivity (Wildman–Crippen MR) is 134 cm³/mol. The highest BCUT2D eigenvalue weighted by atomic mass is 79.9. The first kappa shape index (κ1) is 24.3. The van der Waals surface area contributed by atoms with Crippen LogP contribution in [0.25, 0.3) is 0 Å². The van der Waals surface area contributed by atoms with Crippen molar-refractivity contribution in [3.8, 4) is 11.5 Å². The third-order valence-corrected chi connectivity index (χ3v) is 8.15. The Balaban J connectivity index is 1.49. The SMILES string of the molecule is COc1ccc([C@@]23CC[C@H](NC(=O)Nc4c(F)cc(Br)cc4Br)C[C@H]2N(C)CC3)cc1OC. The summed E-state index contributed by atoms with van der Waals surface area (Å²) in [5.41, 5.74) is 1.38. The van der Waals surface area contributed by atoms with Gasteiger partial charge in [-0.05, 0) is 85.0 Å². The van der Waals surface area contributed by atoms with Gasteiger partial charge in [-0.1, -0.05) is 22.0 Å². The molecule has 3 atom stereocenters. The minimum atomic E-state index is -0.502. The van der Waals surface area contributed by atoms with Crippen molar-refractivity contribution < 1.29 is 18.7 Å². The van der Waals surface area contributed by atoms with Crippen LogP contribution in [0.1, 0.15) is 31.2 Å². The average Bonchev–Trinajstić information content (AvgIpc) is 3.13. The molecule has 4 rings (SSSR count). The maximum absolute atomic E-state index is 14.3. The molecule has 2 aromatic carbocycles. The van der Waals surface area contributed by atoms with Gasteiger partial charge in [0.15, 0.2) is 11.5 Å². The fourth-order valence-electron chi connectivity index (χ4n) is 5.39. The Morgan fingerprint density at radius 1 is 1.15 bits per heavy atom. The van der Waals surface area contributed by atoms with Crippen LogP contribution in [-0.2, 0) is 5.41 Å². The summed E-state index contributed by atoms with van der Waals surface area (Å²) < 4.78 is 26.4. The number of hydrogen-bond acceptors (Lipinski definition) is 4. The highest BCUT2D eigenvalue weighted by Crippen LogP contribution is 2.49. The summed E-state index contributed by atoms with van der Waals surface area (Å²) in [7, 11) is 5.44. The molecule has 2 aliphatic rings. The van der Waals surface area contributed by atoms with Crippen LogP contribution in [0.15, 0.2) is 39.3 Å². The average molecular weight is 585 g/mol. The third-order valence-electron chi connectivity index (χ3n) is 7.07. The normalized spacial score (nSPS) is 24.8. The fourth-order valence-corrected chi connectivity index (χ4v) is 6.66. The molecule has 1 heterocycles. The van der Waals surface area contributed by atoms with Crippen LogP contribution in [0.5, 0.6) is 11.5 Å². The third kappa shape index (κ3) is 4.72. The topological polar surface area (TPSA) is 62.8 Å². The van der Waals surface area contributed by atoms with Crippen LogP contribution in [0.3, 0.4) is 0 Å². The molecule has 2 N–H and O–H groups in total. The summed E-state index contributed by atoms with van der Waals surface area (Å²) >= 11 is 6.56. The number of benzene rings is 2. The first-order valence-corrected chi connectivity index (χ1v) is 12.5. The Bertz CT molecular complexity index is 1030. The van der Waals surface area contributed by atoms with E-state index >= 15 is 0 Å². The zero-order valence-electron chi connectivity index (χ0n) is 18.9. The summed E-state index contributed by atoms with van der Waals surface area (Å²) in [4.78, 5) is 15.1. The maximum atomic E-state index is 14.3. The van der Waals surface area contributed by atoms with E-state index in [1.165, 1.54) is 11.6 Å². The van der Waals surface area contributed by atoms with E-state index in [-0.39, 0.29) is 23.2 Å². The molecule has 6 nitrogen and oxygen atoms in total. The molecule has 0 bridgehead atoms. The Morgan fingerprint density at radius 2 is 1.91 bits per heavy atom. The van der Waals surface area contributed by atoms with E-state index in [1.807, 2.05) is 6.07 Å². The monoisotopic (exact) mass is 583 g/mol. The van der Waals surface area contributed by atoms with Crippen LogP contribution in [0, 0.1) is 5.82 Å². The van der Waals surface area contributed by atoms with Gasteiger partial charge in [-0.3, -0.25) is 0 Å². The molecular formula is C24H28Br2FN3O3. The van der Waals surface area contributed by atoms with Gasteiger partial charge in [0.1, 0.15) is 5.82 Å². The van der Waals surface area contributed by atoms with Crippen molar-refractivity contribution in [3.05, 3.63) is 50.7 Å². The van der Waals surface area contributed by atoms with E-state index in [1.54, 1.807) is 20.3 Å². The van der Waals surface area contributed by atoms with Crippen LogP contribution >= 0.6 is 31.9 Å². The number of fused-ring (bicyclic) bond motifs is 1. The lowest BCUT2D eigenvalue weighted by Crippen LogP contribution is -2.52. The van der Waals surface area contributed by atoms with Gasteiger partial charge in [0.2, 0.25) is 0 Å². The molecule has 33 heavy (non-hydrogen) atoms. The molecule has 9 heteroatoms. The molecule has 1 saturated heterocycles. The number of carbonyl (C=O) groups is 1. The van der Waals surface area contributed by atoms with E-state index in [4.69, 9.17) is 9.47 Å². The number of amides is 2. The zero-order valence-corrected chi connectivity index (χ0v) is 22.1. The van der Waals surface area contributed by atoms with Crippen molar-refractivity contribution in [2.75, 3.05) is 33.1 Å². The first-order chi connectivity index (χ1) is 15.8. The Hall–Kier alpha value is -1.84. The van der Waals surface area contributed by atoms with Crippen molar-refractivity contribution in [3.63, 3.8) is 0 Å². The number of hydrogen-bond donors (Lipinski definition) is 2. The molecule has 1 saturated carbocycles. The lowest BCUT2D eigenvalue weighted by atomic mass is 9.65. The number of urea groups is 1. The second-order valence-electron chi connectivity index (χ2n) is 8.79. The van der Waals surface area contributed by atoms with Crippen molar-refractivity contribution in [1.82, 2.24) is 10.2 Å². The first-order valence-electron chi connectivity index (χ1n) is 10.9. The Kier molecular flexibility index (Phi) is 7.21. The van der Waals surface area contributed by atoms with Crippen LogP contribution in [0.4, 0.5) is 14.9 Å². The summed E-state index contributed by atoms with van der Waals surface area (Å²) in [5, 5.41) is 5.71. The van der Waals surface area contributed by atoms with Gasteiger partial charge < -0.3 is 25.0 Å². The second-order valence-corrected chi connectivity index (χ2v) is 10.6. The fraction of sp³-hybridized carbons (Fsp3) is 0.458. The summed E-state index contributed by atoms with van der Waals surface area (Å²) in [5.74, 6) is 0.955. The molecular weight excluding hydrogens is 557 g/mol. The number of likely N-dealkylation sites (tertiary alicyclic amines) is 1. The highest BCUT2D eigenvalue weighted by Gasteiger charge is 2.50. The molecule has 178 valence electrons. The lowest BCUT2D eigenvalue weighted by molar-refractivity contribution is 0.156. The quantitative estimate of drug-likeness (QED) is 0.474. The van der Waals surface area contributed by atoms with Gasteiger partial charge in [-0.25, -0.2) is 9.18 Å². The molecule has 0 unspecified atom stereocenters. The smallest absolute Gasteiger partial charge is 0.319 e. The second kappa shape index (κ2) is 9.80. The number of halogens is 3. The van der Waals surface area contributed by atoms with Crippen molar-refractivity contribution >= 4 is 43.6 Å². The molecule has 2 aromatic rings. The zero-order chi connectivity index (χ0) is 23.8. The van der Waals surface area contributed by atoms with Crippen LogP contribution < -0.4 is 20.1 Å². The molecule has 1 aliphatic carbocycles. The minimum absolute atomic E-state index is 0.00102. The number of ether oxygens (including phenoxy) is 2. The Morgan fingerprint density at radius 3 is 2.61 bits per heavy atom. The van der Waals surface area contributed by atoms with Crippen LogP contribution in [0.2, 0.25) is 0 Å². The largest absolute Gasteiger partial charge is 0.493 e. The van der Waals surface area contributed by atoms with Gasteiger partial charge >= 0.3 is 6.03 Å². The van der Waals surface area contributed by atoms with E-state index in [0.29, 0.717) is 8.95 Å². The molecule has 1 aliphatic heterocycles. The van der Waals surface area contributed by atoms with Gasteiger partial charge in [-0.2, -0.15) is 0 Å². The number of methoxy groups -OCH3 is 2. The van der Waals surface area contributed by atoms with Crippen molar-refractivity contribution in [2.24, 2.45) is 0 Å². The van der Waals surface area contributed by atoms with Gasteiger partial charge in [0.25, 0.3) is 0 Å². The van der Waals surface area contributed by atoms with E-state index in [2.05, 4.69) is 66.6 Å². The Labute approximate surface area is 210 Å². The predicted octanol–water partition coefficient (Wildman–Crippen LogP) is 5.68. The molecule has 0 radical (unpaired) electrons. The minimum Gasteiger partial charge on any atom is -0.493 e. The maximum Gasteiger partial charge on any atom is 0.319 e. The summed E-state index contributed by atoms with van der Waals surface area (Å²) in [6.45, 7) is 0.995. The van der Waals surface area contributed by atoms with Crippen molar-refractivity contribution in [1.29, 1.82) is 0 Å². The number of rotatable bonds is 5. The lowest BCUT2D eigenvalue weighted by Gasteiger charge is -2.45. The van der Waals surface area contributed by atoms with Gasteiger partial charge in [-0.15, -0.1) is 0 Å². The number of nitrogens with zero attached hydrogens (tertiary/aromatic N) is 1. The highest BCUT2D eigenvalue weighted by molar-refractivity contribution is 9.11. The standard InChI is InChI=1S/C24H28Br2FN3O3/c1-30-9-8-24(14-4-5-19(32-2)20(10-14)33-3)7-6-16(13-21(24)30)28-23(31)29-22-17(26)11-15(25)12-18(22)27/h4-5,10-12,16,21H,6-9,13H2,1-3H3,(H2,28,29,31)/t16-,21+,24-/m0/s1.